The van der Waals surface area contributed by atoms with Crippen LogP contribution in [0.5, 0.6) is 0 Å². The van der Waals surface area contributed by atoms with E-state index in [1.54, 1.807) is 12.5 Å². The van der Waals surface area contributed by atoms with Gasteiger partial charge in [-0.25, -0.2) is 15.0 Å². The molecule has 5 heterocycles. The molecule has 3 aromatic rings. The summed E-state index contributed by atoms with van der Waals surface area (Å²) in [6.07, 6.45) is 11.0. The molecule has 2 fully saturated rings. The van der Waals surface area contributed by atoms with Gasteiger partial charge in [-0.3, -0.25) is 9.88 Å². The molecule has 3 aromatic heterocycles. The lowest BCUT2D eigenvalue weighted by Crippen LogP contribution is -2.45. The minimum absolute atomic E-state index is 0.0452. The van der Waals surface area contributed by atoms with Crippen molar-refractivity contribution in [3.63, 3.8) is 0 Å². The van der Waals surface area contributed by atoms with Crippen LogP contribution in [0.4, 0.5) is 0 Å². The summed E-state index contributed by atoms with van der Waals surface area (Å²) < 4.78 is 6.67. The van der Waals surface area contributed by atoms with Crippen molar-refractivity contribution in [2.24, 2.45) is 5.41 Å². The van der Waals surface area contributed by atoms with Crippen molar-refractivity contribution in [3.05, 3.63) is 47.9 Å². The number of hydrogen-bond acceptors (Lipinski definition) is 6. The van der Waals surface area contributed by atoms with Crippen LogP contribution in [0.15, 0.2) is 30.9 Å². The van der Waals surface area contributed by atoms with Crippen LogP contribution in [0.1, 0.15) is 70.5 Å². The number of hydrogen-bond donors (Lipinski definition) is 1. The number of aromatic amines is 1. The number of aryl methyl sites for hydroxylation is 2. The Morgan fingerprint density at radius 3 is 2.73 bits per heavy atom. The third-order valence-electron chi connectivity index (χ3n) is 8.02. The predicted molar refractivity (Wildman–Crippen MR) is 129 cm³/mol. The number of imidazole rings is 1. The highest BCUT2D eigenvalue weighted by molar-refractivity contribution is 5.68. The highest BCUT2D eigenvalue weighted by Crippen LogP contribution is 2.49. The van der Waals surface area contributed by atoms with E-state index in [0.29, 0.717) is 0 Å². The molecule has 2 aliphatic heterocycles. The number of nitrogens with one attached hydrogen (secondary N) is 1. The summed E-state index contributed by atoms with van der Waals surface area (Å²) >= 11 is 0. The summed E-state index contributed by atoms with van der Waals surface area (Å²) in [5, 5.41) is 0. The molecule has 1 N–H and O–H groups in total. The normalized spacial score (nSPS) is 25.8. The van der Waals surface area contributed by atoms with Gasteiger partial charge in [0.05, 0.1) is 17.9 Å². The zero-order chi connectivity index (χ0) is 23.3. The Labute approximate surface area is 196 Å². The molecule has 2 aliphatic rings. The molecular formula is C26H36N6O. The van der Waals surface area contributed by atoms with Crippen LogP contribution in [-0.2, 0) is 16.7 Å². The topological polar surface area (TPSA) is 79.8 Å². The Balaban J connectivity index is 1.39. The van der Waals surface area contributed by atoms with E-state index < -0.39 is 0 Å². The van der Waals surface area contributed by atoms with Gasteiger partial charge in [0.1, 0.15) is 17.7 Å². The molecule has 0 amide bonds. The summed E-state index contributed by atoms with van der Waals surface area (Å²) in [6, 6.07) is 4.35. The Kier molecular flexibility index (Phi) is 5.52. The van der Waals surface area contributed by atoms with E-state index in [4.69, 9.17) is 9.72 Å². The Morgan fingerprint density at radius 1 is 1.18 bits per heavy atom. The van der Waals surface area contributed by atoms with Crippen LogP contribution < -0.4 is 0 Å². The first-order chi connectivity index (χ1) is 15.7. The van der Waals surface area contributed by atoms with Crippen molar-refractivity contribution in [3.8, 4) is 0 Å². The smallest absolute Gasteiger partial charge is 0.180 e. The minimum Gasteiger partial charge on any atom is -0.372 e. The quantitative estimate of drug-likeness (QED) is 0.595. The van der Waals surface area contributed by atoms with Crippen LogP contribution in [0.25, 0.3) is 11.2 Å². The van der Waals surface area contributed by atoms with Crippen molar-refractivity contribution in [2.75, 3.05) is 13.1 Å². The van der Waals surface area contributed by atoms with E-state index in [2.05, 4.69) is 64.7 Å². The van der Waals surface area contributed by atoms with Crippen LogP contribution in [0.2, 0.25) is 0 Å². The van der Waals surface area contributed by atoms with E-state index in [1.807, 2.05) is 13.1 Å². The SMILES string of the molecule is Cc1ccc(C(C)(C)N2CCC(CCc3nc4ncncc4[nH]3)(C3CCC(C)(C)O3)C2)cn1. The van der Waals surface area contributed by atoms with Gasteiger partial charge in [0.15, 0.2) is 5.65 Å². The molecule has 0 saturated carbocycles. The van der Waals surface area contributed by atoms with Crippen LogP contribution in [-0.4, -0.2) is 54.6 Å². The zero-order valence-electron chi connectivity index (χ0n) is 20.6. The molecule has 0 aliphatic carbocycles. The second-order valence-electron chi connectivity index (χ2n) is 11.1. The average Bonchev–Trinajstić information content (AvgIpc) is 3.49. The molecule has 7 nitrogen and oxygen atoms in total. The maximum atomic E-state index is 6.67. The lowest BCUT2D eigenvalue weighted by atomic mass is 9.75. The summed E-state index contributed by atoms with van der Waals surface area (Å²) in [5.41, 5.74) is 3.96. The second kappa shape index (κ2) is 8.13. The number of nitrogens with zero attached hydrogens (tertiary/aromatic N) is 5. The van der Waals surface area contributed by atoms with Gasteiger partial charge in [0.25, 0.3) is 0 Å². The third-order valence-corrected chi connectivity index (χ3v) is 8.02. The van der Waals surface area contributed by atoms with Gasteiger partial charge >= 0.3 is 0 Å². The zero-order valence-corrected chi connectivity index (χ0v) is 20.6. The molecule has 176 valence electrons. The molecule has 0 bridgehead atoms. The highest BCUT2D eigenvalue weighted by Gasteiger charge is 2.51. The fourth-order valence-electron chi connectivity index (χ4n) is 5.72. The molecule has 0 radical (unpaired) electrons. The monoisotopic (exact) mass is 448 g/mol. The number of likely N-dealkylation sites (tertiary alicyclic amines) is 1. The van der Waals surface area contributed by atoms with Crippen LogP contribution in [0.3, 0.4) is 0 Å². The lowest BCUT2D eigenvalue weighted by molar-refractivity contribution is -0.0789. The van der Waals surface area contributed by atoms with Gasteiger partial charge in [0, 0.05) is 35.8 Å². The van der Waals surface area contributed by atoms with Crippen molar-refractivity contribution >= 4 is 11.2 Å². The van der Waals surface area contributed by atoms with Gasteiger partial charge < -0.3 is 9.72 Å². The van der Waals surface area contributed by atoms with Crippen molar-refractivity contribution < 1.29 is 4.74 Å². The summed E-state index contributed by atoms with van der Waals surface area (Å²) in [6.45, 7) is 13.2. The standard InChI is InChI=1S/C26H36N6O/c1-18-6-7-19(14-28-18)25(4,5)32-13-12-26(16-32,21-8-10-24(2,3)33-21)11-9-22-30-20-15-27-17-29-23(20)31-22/h6-7,14-15,17,21H,8-13,16H2,1-5H3,(H,27,29,30,31). The Bertz CT molecular complexity index is 1090. The molecule has 5 rings (SSSR count). The van der Waals surface area contributed by atoms with E-state index in [1.165, 1.54) is 5.56 Å². The molecular weight excluding hydrogens is 412 g/mol. The number of rotatable bonds is 6. The van der Waals surface area contributed by atoms with Crippen molar-refractivity contribution in [1.29, 1.82) is 0 Å². The number of ether oxygens (including phenoxy) is 1. The van der Waals surface area contributed by atoms with Gasteiger partial charge in [-0.05, 0) is 78.5 Å². The van der Waals surface area contributed by atoms with E-state index in [9.17, 15) is 0 Å². The number of H-pyrrole nitrogens is 1. The highest BCUT2D eigenvalue weighted by atomic mass is 16.5. The largest absolute Gasteiger partial charge is 0.372 e. The summed E-state index contributed by atoms with van der Waals surface area (Å²) in [7, 11) is 0. The predicted octanol–water partition coefficient (Wildman–Crippen LogP) is 4.57. The Morgan fingerprint density at radius 2 is 2.03 bits per heavy atom. The van der Waals surface area contributed by atoms with Gasteiger partial charge in [-0.1, -0.05) is 6.07 Å². The first kappa shape index (κ1) is 22.4. The van der Waals surface area contributed by atoms with Gasteiger partial charge in [-0.2, -0.15) is 0 Å². The van der Waals surface area contributed by atoms with E-state index >= 15 is 0 Å². The molecule has 33 heavy (non-hydrogen) atoms. The van der Waals surface area contributed by atoms with E-state index in [0.717, 1.165) is 67.9 Å². The third kappa shape index (κ3) is 4.28. The summed E-state index contributed by atoms with van der Waals surface area (Å²) in [4.78, 5) is 23.7. The van der Waals surface area contributed by atoms with E-state index in [-0.39, 0.29) is 22.7 Å². The summed E-state index contributed by atoms with van der Waals surface area (Å²) in [5.74, 6) is 0.988. The lowest BCUT2D eigenvalue weighted by Gasteiger charge is -2.40. The molecule has 0 aromatic carbocycles. The average molecular weight is 449 g/mol. The number of fused-ring (bicyclic) bond motifs is 1. The van der Waals surface area contributed by atoms with Crippen LogP contribution in [0, 0.1) is 12.3 Å². The van der Waals surface area contributed by atoms with Gasteiger partial charge in [-0.15, -0.1) is 0 Å². The number of pyridine rings is 1. The first-order valence-electron chi connectivity index (χ1n) is 12.2. The molecule has 2 saturated heterocycles. The molecule has 2 atom stereocenters. The van der Waals surface area contributed by atoms with Crippen molar-refractivity contribution in [1.82, 2.24) is 29.8 Å². The maximum Gasteiger partial charge on any atom is 0.180 e. The molecule has 2 unspecified atom stereocenters. The number of aromatic nitrogens is 5. The minimum atomic E-state index is -0.0779. The second-order valence-corrected chi connectivity index (χ2v) is 11.1. The maximum absolute atomic E-state index is 6.67. The molecule has 0 spiro atoms. The Hall–Kier alpha value is -2.38. The fraction of sp³-hybridized carbons (Fsp3) is 0.615. The van der Waals surface area contributed by atoms with Crippen LogP contribution >= 0.6 is 0 Å². The van der Waals surface area contributed by atoms with Crippen molar-refractivity contribution in [2.45, 2.75) is 84.0 Å². The molecule has 7 heteroatoms. The fourth-order valence-corrected chi connectivity index (χ4v) is 5.72. The van der Waals surface area contributed by atoms with Gasteiger partial charge in [0.2, 0.25) is 0 Å². The first-order valence-corrected chi connectivity index (χ1v) is 12.2.